The van der Waals surface area contributed by atoms with Crippen LogP contribution in [0.4, 0.5) is 0 Å². The first-order chi connectivity index (χ1) is 12.6. The quantitative estimate of drug-likeness (QED) is 0.726. The van der Waals surface area contributed by atoms with Gasteiger partial charge in [0.2, 0.25) is 5.88 Å². The molecule has 1 atom stereocenters. The molecule has 26 heavy (non-hydrogen) atoms. The lowest BCUT2D eigenvalue weighted by molar-refractivity contribution is 0.389. The number of methoxy groups -OCH3 is 1. The van der Waals surface area contributed by atoms with Gasteiger partial charge in [0, 0.05) is 27.8 Å². The van der Waals surface area contributed by atoms with Crippen LogP contribution in [0, 0.1) is 6.92 Å². The average Bonchev–Trinajstić information content (AvgIpc) is 3.02. The van der Waals surface area contributed by atoms with Crippen molar-refractivity contribution in [3.8, 4) is 11.6 Å². The predicted molar refractivity (Wildman–Crippen MR) is 101 cm³/mol. The van der Waals surface area contributed by atoms with Crippen molar-refractivity contribution >= 4 is 17.2 Å². The fourth-order valence-electron chi connectivity index (χ4n) is 3.35. The van der Waals surface area contributed by atoms with E-state index in [4.69, 9.17) is 26.8 Å². The lowest BCUT2D eigenvalue weighted by Gasteiger charge is -2.28. The van der Waals surface area contributed by atoms with Crippen LogP contribution in [0.15, 0.2) is 54.4 Å². The topological polar surface area (TPSA) is 73.2 Å². The number of aromatic nitrogens is 2. The first-order valence-electron chi connectivity index (χ1n) is 8.20. The standard InChI is InChI=1S/C20H18ClN3O2/c1-11-16-17(12-5-9-15(25-2)10-6-12)18(13-3-7-14(21)8-4-13)19(22)26-20(16)24-23-11/h3-10,17H,22H2,1-2H3,(H,23,24). The fraction of sp³-hybridized carbons (Fsp3) is 0.150. The van der Waals surface area contributed by atoms with Crippen LogP contribution in [0.3, 0.4) is 0 Å². The number of hydrogen-bond donors (Lipinski definition) is 2. The molecule has 1 aliphatic heterocycles. The van der Waals surface area contributed by atoms with Gasteiger partial charge in [0.1, 0.15) is 5.75 Å². The Bertz CT molecular complexity index is 975. The van der Waals surface area contributed by atoms with Crippen LogP contribution in [-0.4, -0.2) is 17.3 Å². The van der Waals surface area contributed by atoms with E-state index in [9.17, 15) is 0 Å². The molecular weight excluding hydrogens is 350 g/mol. The van der Waals surface area contributed by atoms with Crippen LogP contribution < -0.4 is 15.2 Å². The number of nitrogens with zero attached hydrogens (tertiary/aromatic N) is 1. The molecule has 0 spiro atoms. The minimum Gasteiger partial charge on any atom is -0.497 e. The molecule has 4 rings (SSSR count). The van der Waals surface area contributed by atoms with Crippen molar-refractivity contribution in [1.82, 2.24) is 10.2 Å². The maximum Gasteiger partial charge on any atom is 0.244 e. The summed E-state index contributed by atoms with van der Waals surface area (Å²) >= 11 is 6.06. The summed E-state index contributed by atoms with van der Waals surface area (Å²) in [6.07, 6.45) is 0. The summed E-state index contributed by atoms with van der Waals surface area (Å²) in [6.45, 7) is 1.98. The van der Waals surface area contributed by atoms with Gasteiger partial charge in [-0.15, -0.1) is 5.10 Å². The zero-order valence-corrected chi connectivity index (χ0v) is 15.2. The summed E-state index contributed by atoms with van der Waals surface area (Å²) in [5.41, 5.74) is 11.2. The van der Waals surface area contributed by atoms with Crippen LogP contribution >= 0.6 is 11.6 Å². The van der Waals surface area contributed by atoms with Crippen molar-refractivity contribution in [2.45, 2.75) is 12.8 Å². The summed E-state index contributed by atoms with van der Waals surface area (Å²) in [7, 11) is 1.65. The molecule has 2 heterocycles. The van der Waals surface area contributed by atoms with Crippen LogP contribution in [-0.2, 0) is 0 Å². The van der Waals surface area contributed by atoms with E-state index < -0.39 is 0 Å². The number of H-pyrrole nitrogens is 1. The van der Waals surface area contributed by atoms with E-state index >= 15 is 0 Å². The number of aromatic amines is 1. The molecule has 1 aromatic heterocycles. The van der Waals surface area contributed by atoms with E-state index in [0.29, 0.717) is 16.8 Å². The maximum atomic E-state index is 6.30. The number of allylic oxidation sites excluding steroid dienone is 1. The summed E-state index contributed by atoms with van der Waals surface area (Å²) < 4.78 is 11.1. The summed E-state index contributed by atoms with van der Waals surface area (Å²) in [6, 6.07) is 15.5. The Kier molecular flexibility index (Phi) is 4.09. The Labute approximate surface area is 156 Å². The highest BCUT2D eigenvalue weighted by molar-refractivity contribution is 6.30. The molecule has 0 amide bonds. The van der Waals surface area contributed by atoms with Crippen molar-refractivity contribution in [1.29, 1.82) is 0 Å². The number of nitrogens with one attached hydrogen (secondary N) is 1. The van der Waals surface area contributed by atoms with E-state index in [0.717, 1.165) is 33.7 Å². The minimum absolute atomic E-state index is 0.107. The molecule has 1 unspecified atom stereocenters. The number of rotatable bonds is 3. The molecule has 0 aliphatic carbocycles. The van der Waals surface area contributed by atoms with Crippen LogP contribution in [0.2, 0.25) is 5.02 Å². The summed E-state index contributed by atoms with van der Waals surface area (Å²) in [5.74, 6) is 1.55. The van der Waals surface area contributed by atoms with Crippen LogP contribution in [0.25, 0.3) is 5.57 Å². The van der Waals surface area contributed by atoms with Gasteiger partial charge in [0.05, 0.1) is 7.11 Å². The molecule has 1 aliphatic rings. The lowest BCUT2D eigenvalue weighted by atomic mass is 9.80. The second-order valence-corrected chi connectivity index (χ2v) is 6.60. The van der Waals surface area contributed by atoms with Gasteiger partial charge in [-0.1, -0.05) is 35.9 Å². The van der Waals surface area contributed by atoms with Crippen LogP contribution in [0.5, 0.6) is 11.6 Å². The van der Waals surface area contributed by atoms with Gasteiger partial charge in [-0.3, -0.25) is 5.10 Å². The largest absolute Gasteiger partial charge is 0.497 e. The predicted octanol–water partition coefficient (Wildman–Crippen LogP) is 4.23. The number of nitrogens with two attached hydrogens (primary N) is 1. The summed E-state index contributed by atoms with van der Waals surface area (Å²) in [5, 5.41) is 7.92. The van der Waals surface area contributed by atoms with Gasteiger partial charge < -0.3 is 15.2 Å². The molecule has 5 nitrogen and oxygen atoms in total. The zero-order chi connectivity index (χ0) is 18.3. The fourth-order valence-corrected chi connectivity index (χ4v) is 3.47. The Morgan fingerprint density at radius 3 is 2.46 bits per heavy atom. The minimum atomic E-state index is -0.107. The molecule has 0 bridgehead atoms. The van der Waals surface area contributed by atoms with Gasteiger partial charge in [-0.25, -0.2) is 0 Å². The highest BCUT2D eigenvalue weighted by atomic mass is 35.5. The first-order valence-corrected chi connectivity index (χ1v) is 8.58. The molecule has 132 valence electrons. The van der Waals surface area contributed by atoms with Crippen molar-refractivity contribution in [3.63, 3.8) is 0 Å². The number of hydrogen-bond acceptors (Lipinski definition) is 4. The van der Waals surface area contributed by atoms with Crippen molar-refractivity contribution < 1.29 is 9.47 Å². The molecule has 3 N–H and O–H groups in total. The molecule has 6 heteroatoms. The normalized spacial score (nSPS) is 16.2. The lowest BCUT2D eigenvalue weighted by Crippen LogP contribution is -2.21. The summed E-state index contributed by atoms with van der Waals surface area (Å²) in [4.78, 5) is 0. The van der Waals surface area contributed by atoms with Crippen molar-refractivity contribution in [3.05, 3.63) is 81.8 Å². The zero-order valence-electron chi connectivity index (χ0n) is 14.4. The Morgan fingerprint density at radius 1 is 1.12 bits per heavy atom. The number of fused-ring (bicyclic) bond motifs is 1. The van der Waals surface area contributed by atoms with E-state index in [-0.39, 0.29) is 5.92 Å². The second-order valence-electron chi connectivity index (χ2n) is 6.16. The van der Waals surface area contributed by atoms with E-state index in [1.807, 2.05) is 55.5 Å². The smallest absolute Gasteiger partial charge is 0.244 e. The van der Waals surface area contributed by atoms with Crippen LogP contribution in [0.1, 0.15) is 28.3 Å². The Balaban J connectivity index is 1.91. The number of aryl methyl sites for hydroxylation is 1. The van der Waals surface area contributed by atoms with E-state index in [1.165, 1.54) is 0 Å². The van der Waals surface area contributed by atoms with Gasteiger partial charge >= 0.3 is 0 Å². The number of halogens is 1. The van der Waals surface area contributed by atoms with Gasteiger partial charge in [-0.05, 0) is 42.3 Å². The molecule has 2 aromatic carbocycles. The highest BCUT2D eigenvalue weighted by Crippen LogP contribution is 2.47. The maximum absolute atomic E-state index is 6.30. The third-order valence-electron chi connectivity index (χ3n) is 4.61. The van der Waals surface area contributed by atoms with Gasteiger partial charge in [0.25, 0.3) is 0 Å². The monoisotopic (exact) mass is 367 g/mol. The SMILES string of the molecule is COc1ccc(C2C(c3ccc(Cl)cc3)=C(N)Oc3n[nH]c(C)c32)cc1. The molecule has 3 aromatic rings. The van der Waals surface area contributed by atoms with E-state index in [2.05, 4.69) is 10.2 Å². The molecule has 0 radical (unpaired) electrons. The third-order valence-corrected chi connectivity index (χ3v) is 4.87. The molecular formula is C20H18ClN3O2. The van der Waals surface area contributed by atoms with Gasteiger partial charge in [-0.2, -0.15) is 0 Å². The molecule has 0 saturated heterocycles. The Morgan fingerprint density at radius 2 is 1.81 bits per heavy atom. The van der Waals surface area contributed by atoms with Crippen molar-refractivity contribution in [2.75, 3.05) is 7.11 Å². The third kappa shape index (κ3) is 2.70. The molecule has 0 fully saturated rings. The van der Waals surface area contributed by atoms with Gasteiger partial charge in [0.15, 0.2) is 5.88 Å². The van der Waals surface area contributed by atoms with E-state index in [1.54, 1.807) is 7.11 Å². The number of benzene rings is 2. The first kappa shape index (κ1) is 16.5. The number of ether oxygens (including phenoxy) is 2. The Hall–Kier alpha value is -2.92. The molecule has 0 saturated carbocycles. The van der Waals surface area contributed by atoms with Crippen molar-refractivity contribution in [2.24, 2.45) is 5.73 Å². The average molecular weight is 368 g/mol. The highest BCUT2D eigenvalue weighted by Gasteiger charge is 2.34. The second kappa shape index (κ2) is 6.42.